The average Bonchev–Trinajstić information content (AvgIpc) is 2.89. The number of nitrogens with zero attached hydrogens (tertiary/aromatic N) is 1. The van der Waals surface area contributed by atoms with Crippen LogP contribution in [0.25, 0.3) is 0 Å². The molecule has 4 nitrogen and oxygen atoms in total. The van der Waals surface area contributed by atoms with Crippen LogP contribution in [-0.4, -0.2) is 28.9 Å². The maximum Gasteiger partial charge on any atom is 0.261 e. The zero-order valence-electron chi connectivity index (χ0n) is 13.7. The molecule has 2 aliphatic rings. The van der Waals surface area contributed by atoms with Gasteiger partial charge in [-0.1, -0.05) is 28.1 Å². The van der Waals surface area contributed by atoms with Crippen molar-refractivity contribution in [2.24, 2.45) is 0 Å². The smallest absolute Gasteiger partial charge is 0.261 e. The molecule has 128 valence electrons. The summed E-state index contributed by atoms with van der Waals surface area (Å²) in [6, 6.07) is 14.8. The second-order valence-electron chi connectivity index (χ2n) is 6.53. The van der Waals surface area contributed by atoms with E-state index in [-0.39, 0.29) is 24.0 Å². The van der Waals surface area contributed by atoms with E-state index in [1.807, 2.05) is 24.3 Å². The first kappa shape index (κ1) is 16.3. The molecular formula is C20H18BrNO3. The van der Waals surface area contributed by atoms with Crippen molar-refractivity contribution >= 4 is 27.7 Å². The molecule has 2 aromatic carbocycles. The number of amides is 2. The van der Waals surface area contributed by atoms with Gasteiger partial charge in [0.2, 0.25) is 0 Å². The van der Waals surface area contributed by atoms with Crippen molar-refractivity contribution in [1.29, 1.82) is 0 Å². The van der Waals surface area contributed by atoms with Gasteiger partial charge in [-0.25, -0.2) is 0 Å². The summed E-state index contributed by atoms with van der Waals surface area (Å²) in [5.41, 5.74) is 1.06. The van der Waals surface area contributed by atoms with Gasteiger partial charge >= 0.3 is 0 Å². The SMILES string of the molecule is O=C1c2ccccc2C(=O)N1C1CCC(Oc2ccc(Br)cc2)CC1. The van der Waals surface area contributed by atoms with Gasteiger partial charge in [0.15, 0.2) is 0 Å². The van der Waals surface area contributed by atoms with Crippen LogP contribution in [0.5, 0.6) is 5.75 Å². The highest BCUT2D eigenvalue weighted by Crippen LogP contribution is 2.32. The maximum absolute atomic E-state index is 12.6. The van der Waals surface area contributed by atoms with E-state index < -0.39 is 0 Å². The number of rotatable bonds is 3. The highest BCUT2D eigenvalue weighted by molar-refractivity contribution is 9.10. The van der Waals surface area contributed by atoms with Crippen molar-refractivity contribution in [3.8, 4) is 5.75 Å². The van der Waals surface area contributed by atoms with Crippen molar-refractivity contribution in [3.05, 3.63) is 64.1 Å². The summed E-state index contributed by atoms with van der Waals surface area (Å²) >= 11 is 3.41. The van der Waals surface area contributed by atoms with Crippen LogP contribution in [0.4, 0.5) is 0 Å². The van der Waals surface area contributed by atoms with E-state index in [9.17, 15) is 9.59 Å². The van der Waals surface area contributed by atoms with Crippen molar-refractivity contribution in [2.45, 2.75) is 37.8 Å². The molecule has 1 saturated carbocycles. The number of carbonyl (C=O) groups is 2. The number of hydrogen-bond acceptors (Lipinski definition) is 3. The zero-order chi connectivity index (χ0) is 17.4. The van der Waals surface area contributed by atoms with Crippen LogP contribution in [0.1, 0.15) is 46.4 Å². The van der Waals surface area contributed by atoms with Gasteiger partial charge in [0.1, 0.15) is 5.75 Å². The standard InChI is InChI=1S/C20H18BrNO3/c21-13-5-9-15(10-6-13)25-16-11-7-14(8-12-16)22-19(23)17-3-1-2-4-18(17)20(22)24/h1-6,9-10,14,16H,7-8,11-12H2. The molecule has 0 atom stereocenters. The van der Waals surface area contributed by atoms with Crippen molar-refractivity contribution < 1.29 is 14.3 Å². The first-order valence-corrected chi connectivity index (χ1v) is 9.32. The predicted molar refractivity (Wildman–Crippen MR) is 97.8 cm³/mol. The normalized spacial score (nSPS) is 22.8. The van der Waals surface area contributed by atoms with Gasteiger partial charge in [-0.15, -0.1) is 0 Å². The third-order valence-corrected chi connectivity index (χ3v) is 5.48. The quantitative estimate of drug-likeness (QED) is 0.716. The van der Waals surface area contributed by atoms with Crippen LogP contribution < -0.4 is 4.74 Å². The summed E-state index contributed by atoms with van der Waals surface area (Å²) in [4.78, 5) is 26.6. The Morgan fingerprint density at radius 1 is 0.840 bits per heavy atom. The van der Waals surface area contributed by atoms with Gasteiger partial charge in [0.25, 0.3) is 11.8 Å². The Balaban J connectivity index is 1.40. The molecule has 4 rings (SSSR count). The molecule has 0 N–H and O–H groups in total. The number of benzene rings is 2. The molecule has 0 bridgehead atoms. The fourth-order valence-corrected chi connectivity index (χ4v) is 3.93. The Morgan fingerprint density at radius 3 is 1.96 bits per heavy atom. The monoisotopic (exact) mass is 399 g/mol. The molecule has 0 radical (unpaired) electrons. The lowest BCUT2D eigenvalue weighted by Crippen LogP contribution is -2.43. The summed E-state index contributed by atoms with van der Waals surface area (Å²) < 4.78 is 7.05. The molecule has 0 unspecified atom stereocenters. The van der Waals surface area contributed by atoms with E-state index in [0.717, 1.165) is 35.9 Å². The van der Waals surface area contributed by atoms with Crippen LogP contribution in [0, 0.1) is 0 Å². The minimum atomic E-state index is -0.155. The maximum atomic E-state index is 12.6. The largest absolute Gasteiger partial charge is 0.490 e. The molecule has 1 fully saturated rings. The fraction of sp³-hybridized carbons (Fsp3) is 0.300. The molecule has 0 aromatic heterocycles. The minimum absolute atomic E-state index is 0.0304. The third kappa shape index (κ3) is 3.09. The molecule has 0 saturated heterocycles. The summed E-state index contributed by atoms with van der Waals surface area (Å²) in [5.74, 6) is 0.545. The topological polar surface area (TPSA) is 46.6 Å². The molecule has 2 aromatic rings. The van der Waals surface area contributed by atoms with E-state index in [0.29, 0.717) is 11.1 Å². The van der Waals surface area contributed by atoms with E-state index in [2.05, 4.69) is 15.9 Å². The second-order valence-corrected chi connectivity index (χ2v) is 7.44. The summed E-state index contributed by atoms with van der Waals surface area (Å²) in [5, 5.41) is 0. The van der Waals surface area contributed by atoms with Gasteiger partial charge in [0.05, 0.1) is 17.2 Å². The van der Waals surface area contributed by atoms with E-state index in [1.165, 1.54) is 4.90 Å². The Labute approximate surface area is 154 Å². The number of carbonyl (C=O) groups excluding carboxylic acids is 2. The van der Waals surface area contributed by atoms with E-state index in [4.69, 9.17) is 4.74 Å². The van der Waals surface area contributed by atoms with Gasteiger partial charge in [-0.3, -0.25) is 14.5 Å². The third-order valence-electron chi connectivity index (χ3n) is 4.95. The highest BCUT2D eigenvalue weighted by Gasteiger charge is 2.41. The lowest BCUT2D eigenvalue weighted by Gasteiger charge is -2.33. The molecule has 5 heteroatoms. The van der Waals surface area contributed by atoms with Gasteiger partial charge in [-0.2, -0.15) is 0 Å². The van der Waals surface area contributed by atoms with Crippen molar-refractivity contribution in [1.82, 2.24) is 4.90 Å². The molecule has 0 spiro atoms. The molecule has 1 heterocycles. The van der Waals surface area contributed by atoms with Gasteiger partial charge < -0.3 is 4.74 Å². The molecule has 25 heavy (non-hydrogen) atoms. The summed E-state index contributed by atoms with van der Waals surface area (Å²) in [7, 11) is 0. The van der Waals surface area contributed by atoms with Crippen molar-refractivity contribution in [3.63, 3.8) is 0 Å². The predicted octanol–water partition coefficient (Wildman–Crippen LogP) is 4.44. The Kier molecular flexibility index (Phi) is 4.34. The Morgan fingerprint density at radius 2 is 1.40 bits per heavy atom. The van der Waals surface area contributed by atoms with Crippen molar-refractivity contribution in [2.75, 3.05) is 0 Å². The number of hydrogen-bond donors (Lipinski definition) is 0. The van der Waals surface area contributed by atoms with E-state index >= 15 is 0 Å². The zero-order valence-corrected chi connectivity index (χ0v) is 15.2. The van der Waals surface area contributed by atoms with Crippen LogP contribution >= 0.6 is 15.9 Å². The molecule has 1 aliphatic heterocycles. The van der Waals surface area contributed by atoms with Crippen LogP contribution in [0.15, 0.2) is 53.0 Å². The minimum Gasteiger partial charge on any atom is -0.490 e. The van der Waals surface area contributed by atoms with Crippen LogP contribution in [0.2, 0.25) is 0 Å². The van der Waals surface area contributed by atoms with Crippen LogP contribution in [-0.2, 0) is 0 Å². The second kappa shape index (κ2) is 6.64. The first-order chi connectivity index (χ1) is 12.1. The molecular weight excluding hydrogens is 382 g/mol. The Bertz CT molecular complexity index is 775. The number of halogens is 1. The lowest BCUT2D eigenvalue weighted by atomic mass is 9.91. The number of imide groups is 1. The molecule has 2 amide bonds. The summed E-state index contributed by atoms with van der Waals surface area (Å²) in [6.07, 6.45) is 3.38. The fourth-order valence-electron chi connectivity index (χ4n) is 3.67. The lowest BCUT2D eigenvalue weighted by molar-refractivity contribution is 0.0478. The van der Waals surface area contributed by atoms with Gasteiger partial charge in [0, 0.05) is 10.5 Å². The average molecular weight is 400 g/mol. The first-order valence-electron chi connectivity index (χ1n) is 8.52. The highest BCUT2D eigenvalue weighted by atomic mass is 79.9. The number of fused-ring (bicyclic) bond motifs is 1. The van der Waals surface area contributed by atoms with Gasteiger partial charge in [-0.05, 0) is 62.1 Å². The summed E-state index contributed by atoms with van der Waals surface area (Å²) in [6.45, 7) is 0. The van der Waals surface area contributed by atoms with E-state index in [1.54, 1.807) is 24.3 Å². The van der Waals surface area contributed by atoms with Crippen LogP contribution in [0.3, 0.4) is 0 Å². The molecule has 1 aliphatic carbocycles. The number of ether oxygens (including phenoxy) is 1. The Hall–Kier alpha value is -2.14.